The van der Waals surface area contributed by atoms with Gasteiger partial charge >= 0.3 is 6.03 Å². The van der Waals surface area contributed by atoms with E-state index in [-0.39, 0.29) is 12.1 Å². The molecule has 1 unspecified atom stereocenters. The Hall–Kier alpha value is -1.89. The number of benzene rings is 1. The quantitative estimate of drug-likeness (QED) is 0.831. The molecule has 2 aliphatic rings. The largest absolute Gasteiger partial charge is 0.336 e. The summed E-state index contributed by atoms with van der Waals surface area (Å²) in [5.74, 6) is 0. The molecule has 1 aliphatic carbocycles. The van der Waals surface area contributed by atoms with E-state index in [1.54, 1.807) is 11.3 Å². The molecule has 0 spiro atoms. The second-order valence-corrected chi connectivity index (χ2v) is 8.52. The minimum absolute atomic E-state index is 0.122. The van der Waals surface area contributed by atoms with Crippen molar-refractivity contribution in [3.8, 4) is 0 Å². The van der Waals surface area contributed by atoms with Gasteiger partial charge in [-0.15, -0.1) is 11.3 Å². The summed E-state index contributed by atoms with van der Waals surface area (Å²) in [6.45, 7) is 4.84. The third-order valence-corrected chi connectivity index (χ3v) is 6.64. The van der Waals surface area contributed by atoms with Crippen molar-refractivity contribution in [3.63, 3.8) is 0 Å². The van der Waals surface area contributed by atoms with Crippen LogP contribution in [0.25, 0.3) is 0 Å². The van der Waals surface area contributed by atoms with Crippen molar-refractivity contribution in [1.29, 1.82) is 0 Å². The Morgan fingerprint density at radius 3 is 2.74 bits per heavy atom. The van der Waals surface area contributed by atoms with E-state index in [4.69, 9.17) is 0 Å². The van der Waals surface area contributed by atoms with Crippen molar-refractivity contribution in [2.45, 2.75) is 25.3 Å². The first-order valence-corrected chi connectivity index (χ1v) is 10.7. The van der Waals surface area contributed by atoms with Gasteiger partial charge in [0.05, 0.1) is 6.04 Å². The molecule has 2 amide bonds. The fraction of sp³-hybridized carbons (Fsp3) is 0.476. The van der Waals surface area contributed by atoms with Crippen molar-refractivity contribution in [2.75, 3.05) is 45.1 Å². The van der Waals surface area contributed by atoms with Crippen LogP contribution in [0.4, 0.5) is 10.5 Å². The molecule has 2 aromatic rings. The summed E-state index contributed by atoms with van der Waals surface area (Å²) in [4.78, 5) is 18.6. The van der Waals surface area contributed by atoms with Crippen LogP contribution in [0, 0.1) is 0 Å². The Morgan fingerprint density at radius 2 is 1.96 bits per heavy atom. The molecule has 2 N–H and O–H groups in total. The topological polar surface area (TPSA) is 47.6 Å². The first kappa shape index (κ1) is 18.5. The number of hydrogen-bond donors (Lipinski definition) is 2. The Bertz CT molecular complexity index is 768. The molecular weight excluding hydrogens is 356 g/mol. The molecular formula is C21H28N4OS. The number of aryl methyl sites for hydroxylation is 2. The van der Waals surface area contributed by atoms with E-state index in [1.165, 1.54) is 22.4 Å². The zero-order valence-corrected chi connectivity index (χ0v) is 16.7. The number of carbonyl (C=O) groups is 1. The maximum absolute atomic E-state index is 12.5. The van der Waals surface area contributed by atoms with E-state index in [0.717, 1.165) is 44.7 Å². The molecule has 1 aromatic heterocycles. The van der Waals surface area contributed by atoms with Gasteiger partial charge in [-0.25, -0.2) is 4.79 Å². The lowest BCUT2D eigenvalue weighted by Crippen LogP contribution is -2.48. The molecule has 1 aliphatic heterocycles. The highest BCUT2D eigenvalue weighted by Crippen LogP contribution is 2.26. The van der Waals surface area contributed by atoms with E-state index in [9.17, 15) is 4.79 Å². The van der Waals surface area contributed by atoms with E-state index < -0.39 is 0 Å². The molecule has 0 saturated carbocycles. The van der Waals surface area contributed by atoms with E-state index in [0.29, 0.717) is 6.54 Å². The number of piperazine rings is 1. The highest BCUT2D eigenvalue weighted by Gasteiger charge is 2.25. The Morgan fingerprint density at radius 1 is 1.15 bits per heavy atom. The number of thiophene rings is 1. The molecule has 144 valence electrons. The van der Waals surface area contributed by atoms with Crippen molar-refractivity contribution < 1.29 is 4.79 Å². The van der Waals surface area contributed by atoms with Crippen LogP contribution in [0.2, 0.25) is 0 Å². The summed E-state index contributed by atoms with van der Waals surface area (Å²) >= 11 is 1.77. The number of rotatable bonds is 5. The number of anilines is 1. The minimum atomic E-state index is -0.122. The molecule has 6 heteroatoms. The van der Waals surface area contributed by atoms with Crippen molar-refractivity contribution >= 4 is 23.1 Å². The Labute approximate surface area is 165 Å². The minimum Gasteiger partial charge on any atom is -0.336 e. The van der Waals surface area contributed by atoms with Gasteiger partial charge in [-0.3, -0.25) is 4.90 Å². The highest BCUT2D eigenvalue weighted by atomic mass is 32.1. The number of urea groups is 1. The van der Waals surface area contributed by atoms with Crippen molar-refractivity contribution in [1.82, 2.24) is 15.1 Å². The predicted molar refractivity (Wildman–Crippen MR) is 112 cm³/mol. The van der Waals surface area contributed by atoms with Crippen LogP contribution >= 0.6 is 11.3 Å². The standard InChI is InChI=1S/C21H28N4OS/c1-24-9-11-25(12-10-24)19(20-6-3-13-27-20)15-22-21(26)23-18-8-7-16-4-2-5-17(16)14-18/h3,6-8,13-14,19H,2,4-5,9-12,15H2,1H3,(H2,22,23,26). The van der Waals surface area contributed by atoms with Gasteiger partial charge in [0.25, 0.3) is 0 Å². The number of fused-ring (bicyclic) bond motifs is 1. The number of amides is 2. The molecule has 2 heterocycles. The number of nitrogens with one attached hydrogen (secondary N) is 2. The van der Waals surface area contributed by atoms with E-state index in [1.807, 2.05) is 6.07 Å². The van der Waals surface area contributed by atoms with Gasteiger partial charge in [-0.05, 0) is 61.0 Å². The van der Waals surface area contributed by atoms with Gasteiger partial charge in [0.2, 0.25) is 0 Å². The predicted octanol–water partition coefficient (Wildman–Crippen LogP) is 3.35. The van der Waals surface area contributed by atoms with Crippen molar-refractivity contribution in [3.05, 3.63) is 51.7 Å². The SMILES string of the molecule is CN1CCN(C(CNC(=O)Nc2ccc3c(c2)CCC3)c2cccs2)CC1. The van der Waals surface area contributed by atoms with Gasteiger partial charge < -0.3 is 15.5 Å². The molecule has 1 fully saturated rings. The van der Waals surface area contributed by atoms with Gasteiger partial charge in [-0.2, -0.15) is 0 Å². The molecule has 1 aromatic carbocycles. The summed E-state index contributed by atoms with van der Waals surface area (Å²) < 4.78 is 0. The smallest absolute Gasteiger partial charge is 0.319 e. The molecule has 1 atom stereocenters. The van der Waals surface area contributed by atoms with Gasteiger partial charge in [0, 0.05) is 43.3 Å². The monoisotopic (exact) mass is 384 g/mol. The average Bonchev–Trinajstić information content (AvgIpc) is 3.35. The first-order valence-electron chi connectivity index (χ1n) is 9.82. The number of hydrogen-bond acceptors (Lipinski definition) is 4. The third-order valence-electron chi connectivity index (χ3n) is 5.66. The molecule has 0 bridgehead atoms. The van der Waals surface area contributed by atoms with Crippen LogP contribution in [0.15, 0.2) is 35.7 Å². The summed E-state index contributed by atoms with van der Waals surface area (Å²) in [6, 6.07) is 10.7. The van der Waals surface area contributed by atoms with Crippen LogP contribution in [-0.2, 0) is 12.8 Å². The fourth-order valence-electron chi connectivity index (χ4n) is 4.04. The molecule has 5 nitrogen and oxygen atoms in total. The number of likely N-dealkylation sites (N-methyl/N-ethyl adjacent to an activating group) is 1. The van der Waals surface area contributed by atoms with E-state index in [2.05, 4.69) is 57.1 Å². The lowest BCUT2D eigenvalue weighted by molar-refractivity contribution is 0.113. The summed E-state index contributed by atoms with van der Waals surface area (Å²) in [5.41, 5.74) is 3.69. The van der Waals surface area contributed by atoms with Crippen LogP contribution in [0.5, 0.6) is 0 Å². The molecule has 0 radical (unpaired) electrons. The summed E-state index contributed by atoms with van der Waals surface area (Å²) in [5, 5.41) is 8.22. The molecule has 1 saturated heterocycles. The normalized spacial score (nSPS) is 18.9. The maximum Gasteiger partial charge on any atom is 0.319 e. The van der Waals surface area contributed by atoms with E-state index >= 15 is 0 Å². The van der Waals surface area contributed by atoms with Crippen LogP contribution in [0.3, 0.4) is 0 Å². The van der Waals surface area contributed by atoms with Gasteiger partial charge in [0.1, 0.15) is 0 Å². The molecule has 27 heavy (non-hydrogen) atoms. The van der Waals surface area contributed by atoms with Crippen LogP contribution < -0.4 is 10.6 Å². The van der Waals surface area contributed by atoms with Gasteiger partial charge in [0.15, 0.2) is 0 Å². The maximum atomic E-state index is 12.5. The first-order chi connectivity index (χ1) is 13.2. The summed E-state index contributed by atoms with van der Waals surface area (Å²) in [7, 11) is 2.17. The van der Waals surface area contributed by atoms with Crippen LogP contribution in [-0.4, -0.2) is 55.6 Å². The molecule has 4 rings (SSSR count). The third kappa shape index (κ3) is 4.51. The lowest BCUT2D eigenvalue weighted by Gasteiger charge is -2.37. The van der Waals surface area contributed by atoms with Crippen molar-refractivity contribution in [2.24, 2.45) is 0 Å². The zero-order chi connectivity index (χ0) is 18.6. The Kier molecular flexibility index (Phi) is 5.76. The number of carbonyl (C=O) groups excluding carboxylic acids is 1. The fourth-order valence-corrected chi connectivity index (χ4v) is 4.90. The number of nitrogens with zero attached hydrogens (tertiary/aromatic N) is 2. The Balaban J connectivity index is 1.36. The van der Waals surface area contributed by atoms with Gasteiger partial charge in [-0.1, -0.05) is 12.1 Å². The zero-order valence-electron chi connectivity index (χ0n) is 15.9. The highest BCUT2D eigenvalue weighted by molar-refractivity contribution is 7.10. The average molecular weight is 385 g/mol. The second-order valence-electron chi connectivity index (χ2n) is 7.54. The lowest BCUT2D eigenvalue weighted by atomic mass is 10.1. The summed E-state index contributed by atoms with van der Waals surface area (Å²) in [6.07, 6.45) is 3.50. The second kappa shape index (κ2) is 8.42. The van der Waals surface area contributed by atoms with Crippen LogP contribution in [0.1, 0.15) is 28.5 Å².